The van der Waals surface area contributed by atoms with Gasteiger partial charge in [-0.1, -0.05) is 15.9 Å². The van der Waals surface area contributed by atoms with Crippen molar-refractivity contribution in [3.05, 3.63) is 28.8 Å². The first-order chi connectivity index (χ1) is 7.13. The van der Waals surface area contributed by atoms with Crippen molar-refractivity contribution in [3.63, 3.8) is 0 Å². The predicted octanol–water partition coefficient (Wildman–Crippen LogP) is 2.53. The number of hydrogen-bond acceptors (Lipinski definition) is 4. The molecule has 0 amide bonds. The number of carbonyl (C=O) groups is 1. The quantitative estimate of drug-likeness (QED) is 0.516. The maximum absolute atomic E-state index is 11.3. The van der Waals surface area contributed by atoms with Crippen molar-refractivity contribution in [2.75, 3.05) is 7.11 Å². The Kier molecular flexibility index (Phi) is 4.18. The Hall–Kier alpha value is -0.990. The molecule has 3 nitrogen and oxygen atoms in total. The molecule has 0 aliphatic heterocycles. The van der Waals surface area contributed by atoms with Gasteiger partial charge < -0.3 is 4.74 Å². The lowest BCUT2D eigenvalue weighted by Crippen LogP contribution is -2.03. The maximum Gasteiger partial charge on any atom is 0.337 e. The van der Waals surface area contributed by atoms with E-state index < -0.39 is 5.97 Å². The Labute approximate surface area is 102 Å². The summed E-state index contributed by atoms with van der Waals surface area (Å²) in [6, 6.07) is 5.19. The number of halogens is 1. The number of thiol groups is 1. The lowest BCUT2D eigenvalue weighted by atomic mass is 10.1. The van der Waals surface area contributed by atoms with Crippen LogP contribution >= 0.6 is 28.6 Å². The first-order valence-corrected chi connectivity index (χ1v) is 5.61. The fourth-order valence-corrected chi connectivity index (χ4v) is 1.93. The summed E-state index contributed by atoms with van der Waals surface area (Å²) < 4.78 is 4.59. The molecule has 0 bridgehead atoms. The van der Waals surface area contributed by atoms with Crippen molar-refractivity contribution >= 4 is 34.5 Å². The Morgan fingerprint density at radius 3 is 2.80 bits per heavy atom. The topological polar surface area (TPSA) is 50.1 Å². The van der Waals surface area contributed by atoms with Crippen LogP contribution in [0.3, 0.4) is 0 Å². The monoisotopic (exact) mass is 285 g/mol. The molecule has 15 heavy (non-hydrogen) atoms. The third kappa shape index (κ3) is 2.52. The molecule has 0 fully saturated rings. The second-order valence-electron chi connectivity index (χ2n) is 2.77. The molecular formula is C10H8BrNO2S. The number of carbonyl (C=O) groups excluding carboxylic acids is 1. The molecule has 0 aromatic heterocycles. The zero-order valence-corrected chi connectivity index (χ0v) is 10.4. The van der Waals surface area contributed by atoms with Crippen LogP contribution in [0.2, 0.25) is 0 Å². The molecule has 5 heteroatoms. The van der Waals surface area contributed by atoms with E-state index >= 15 is 0 Å². The summed E-state index contributed by atoms with van der Waals surface area (Å²) in [6.45, 7) is 0. The number of benzene rings is 1. The smallest absolute Gasteiger partial charge is 0.337 e. The summed E-state index contributed by atoms with van der Waals surface area (Å²) in [6.07, 6.45) is 0. The second kappa shape index (κ2) is 5.19. The first-order valence-electron chi connectivity index (χ1n) is 4.04. The Bertz CT molecular complexity index is 440. The highest BCUT2D eigenvalue weighted by Crippen LogP contribution is 2.22. The molecule has 0 atom stereocenters. The molecule has 0 heterocycles. The van der Waals surface area contributed by atoms with Crippen LogP contribution in [0.15, 0.2) is 17.0 Å². The number of alkyl halides is 1. The largest absolute Gasteiger partial charge is 0.465 e. The van der Waals surface area contributed by atoms with Crippen LogP contribution in [-0.4, -0.2) is 13.1 Å². The van der Waals surface area contributed by atoms with Crippen molar-refractivity contribution in [2.45, 2.75) is 10.2 Å². The van der Waals surface area contributed by atoms with Gasteiger partial charge in [0.05, 0.1) is 18.2 Å². The van der Waals surface area contributed by atoms with Crippen molar-refractivity contribution in [1.29, 1.82) is 5.26 Å². The number of methoxy groups -OCH3 is 1. The van der Waals surface area contributed by atoms with E-state index in [1.807, 2.05) is 6.07 Å². The van der Waals surface area contributed by atoms with Crippen LogP contribution in [0, 0.1) is 11.3 Å². The van der Waals surface area contributed by atoms with E-state index in [4.69, 9.17) is 5.26 Å². The summed E-state index contributed by atoms with van der Waals surface area (Å²) >= 11 is 7.40. The van der Waals surface area contributed by atoms with E-state index in [9.17, 15) is 4.79 Å². The molecular weight excluding hydrogens is 278 g/mol. The number of ether oxygens (including phenoxy) is 1. The molecule has 0 aliphatic carbocycles. The minimum Gasteiger partial charge on any atom is -0.465 e. The standard InChI is InChI=1S/C10H8BrNO2S/c1-14-10(13)6-2-7(4-11)8(5-12)9(15)3-6/h2-3,15H,4H2,1H3. The highest BCUT2D eigenvalue weighted by molar-refractivity contribution is 9.08. The number of nitrogens with zero attached hydrogens (tertiary/aromatic N) is 1. The van der Waals surface area contributed by atoms with E-state index in [1.165, 1.54) is 13.2 Å². The van der Waals surface area contributed by atoms with Gasteiger partial charge in [0.25, 0.3) is 0 Å². The molecule has 0 unspecified atom stereocenters. The molecule has 0 saturated carbocycles. The molecule has 0 radical (unpaired) electrons. The van der Waals surface area contributed by atoms with E-state index in [0.717, 1.165) is 5.56 Å². The second-order valence-corrected chi connectivity index (χ2v) is 3.81. The third-order valence-electron chi connectivity index (χ3n) is 1.88. The fraction of sp³-hybridized carbons (Fsp3) is 0.200. The number of hydrogen-bond donors (Lipinski definition) is 1. The Morgan fingerprint density at radius 2 is 2.33 bits per heavy atom. The normalized spacial score (nSPS) is 9.47. The van der Waals surface area contributed by atoms with Gasteiger partial charge in [-0.2, -0.15) is 5.26 Å². The lowest BCUT2D eigenvalue weighted by Gasteiger charge is -2.06. The molecule has 78 valence electrons. The van der Waals surface area contributed by atoms with Gasteiger partial charge in [-0.05, 0) is 17.7 Å². The van der Waals surface area contributed by atoms with Crippen LogP contribution in [-0.2, 0) is 10.1 Å². The molecule has 0 spiro atoms. The summed E-state index contributed by atoms with van der Waals surface area (Å²) in [5.41, 5.74) is 1.60. The van der Waals surface area contributed by atoms with E-state index in [0.29, 0.717) is 21.4 Å². The number of rotatable bonds is 2. The Morgan fingerprint density at radius 1 is 1.67 bits per heavy atom. The molecule has 0 saturated heterocycles. The summed E-state index contributed by atoms with van der Waals surface area (Å²) in [5, 5.41) is 9.38. The molecule has 1 aromatic carbocycles. The van der Waals surface area contributed by atoms with Crippen LogP contribution in [0.1, 0.15) is 21.5 Å². The van der Waals surface area contributed by atoms with Crippen LogP contribution in [0.5, 0.6) is 0 Å². The van der Waals surface area contributed by atoms with Crippen molar-refractivity contribution in [2.24, 2.45) is 0 Å². The van der Waals surface area contributed by atoms with Gasteiger partial charge in [-0.25, -0.2) is 4.79 Å². The molecule has 0 N–H and O–H groups in total. The van der Waals surface area contributed by atoms with Gasteiger partial charge in [0.1, 0.15) is 6.07 Å². The molecule has 1 aromatic rings. The highest BCUT2D eigenvalue weighted by atomic mass is 79.9. The Balaban J connectivity index is 3.33. The van der Waals surface area contributed by atoms with Crippen LogP contribution in [0.4, 0.5) is 0 Å². The predicted molar refractivity (Wildman–Crippen MR) is 62.4 cm³/mol. The average molecular weight is 286 g/mol. The number of nitriles is 1. The molecule has 1 rings (SSSR count). The summed E-state index contributed by atoms with van der Waals surface area (Å²) in [5.74, 6) is -0.433. The van der Waals surface area contributed by atoms with Gasteiger partial charge >= 0.3 is 5.97 Å². The first kappa shape index (κ1) is 12.1. The van der Waals surface area contributed by atoms with E-state index in [2.05, 4.69) is 33.3 Å². The van der Waals surface area contributed by atoms with Crippen molar-refractivity contribution in [3.8, 4) is 6.07 Å². The average Bonchev–Trinajstić information content (AvgIpc) is 2.26. The van der Waals surface area contributed by atoms with Crippen LogP contribution in [0.25, 0.3) is 0 Å². The van der Waals surface area contributed by atoms with Gasteiger partial charge in [-0.15, -0.1) is 12.6 Å². The fourth-order valence-electron chi connectivity index (χ4n) is 1.16. The maximum atomic E-state index is 11.3. The van der Waals surface area contributed by atoms with E-state index in [-0.39, 0.29) is 0 Å². The number of esters is 1. The summed E-state index contributed by atoms with van der Waals surface area (Å²) in [7, 11) is 1.31. The van der Waals surface area contributed by atoms with Gasteiger partial charge in [0.15, 0.2) is 0 Å². The van der Waals surface area contributed by atoms with Crippen LogP contribution < -0.4 is 0 Å². The van der Waals surface area contributed by atoms with Gasteiger partial charge in [0.2, 0.25) is 0 Å². The third-order valence-corrected chi connectivity index (χ3v) is 2.83. The minimum atomic E-state index is -0.433. The minimum absolute atomic E-state index is 0.399. The van der Waals surface area contributed by atoms with Crippen molar-refractivity contribution in [1.82, 2.24) is 0 Å². The lowest BCUT2D eigenvalue weighted by molar-refractivity contribution is 0.0600. The highest BCUT2D eigenvalue weighted by Gasteiger charge is 2.12. The van der Waals surface area contributed by atoms with Crippen molar-refractivity contribution < 1.29 is 9.53 Å². The van der Waals surface area contributed by atoms with Gasteiger partial charge in [0, 0.05) is 10.2 Å². The van der Waals surface area contributed by atoms with Gasteiger partial charge in [-0.3, -0.25) is 0 Å². The molecule has 0 aliphatic rings. The summed E-state index contributed by atoms with van der Waals surface area (Å²) in [4.78, 5) is 11.8. The zero-order chi connectivity index (χ0) is 11.4. The van der Waals surface area contributed by atoms with E-state index in [1.54, 1.807) is 6.07 Å². The SMILES string of the molecule is COC(=O)c1cc(S)c(C#N)c(CBr)c1. The zero-order valence-electron chi connectivity index (χ0n) is 7.95.